The van der Waals surface area contributed by atoms with Crippen molar-refractivity contribution in [2.45, 2.75) is 37.6 Å². The number of rotatable bonds is 0. The van der Waals surface area contributed by atoms with Gasteiger partial charge in [-0.2, -0.15) is 0 Å². The lowest BCUT2D eigenvalue weighted by molar-refractivity contribution is 0.312. The van der Waals surface area contributed by atoms with Gasteiger partial charge in [-0.25, -0.2) is 0 Å². The summed E-state index contributed by atoms with van der Waals surface area (Å²) in [5, 5.41) is 22.9. The van der Waals surface area contributed by atoms with Crippen LogP contribution in [0.25, 0.3) is 0 Å². The van der Waals surface area contributed by atoms with E-state index in [0.29, 0.717) is 12.0 Å². The number of hydrogen-bond acceptors (Lipinski definition) is 3. The van der Waals surface area contributed by atoms with Crippen molar-refractivity contribution in [3.8, 4) is 11.5 Å². The van der Waals surface area contributed by atoms with Gasteiger partial charge in [0.25, 0.3) is 0 Å². The van der Waals surface area contributed by atoms with Gasteiger partial charge in [0.2, 0.25) is 0 Å². The van der Waals surface area contributed by atoms with Crippen molar-refractivity contribution in [3.63, 3.8) is 0 Å². The first kappa shape index (κ1) is 12.7. The standard InChI is InChI=1S/C13H17NO2.BrH/c15-12-6-4-8-9-2-1-7-14-11(9)5-3-10(8)13(12)16;/h4,6,9,11,14-16H,1-3,5,7H2;1H/t9-,11-;/m1./s1. The SMILES string of the molecule is Br.Oc1ccc2c(c1O)CC[C@H]1NCCC[C@H]21. The molecule has 2 aliphatic rings. The zero-order valence-corrected chi connectivity index (χ0v) is 11.4. The van der Waals surface area contributed by atoms with Crippen LogP contribution in [0.5, 0.6) is 11.5 Å². The summed E-state index contributed by atoms with van der Waals surface area (Å²) < 4.78 is 0. The summed E-state index contributed by atoms with van der Waals surface area (Å²) in [6.07, 6.45) is 4.32. The summed E-state index contributed by atoms with van der Waals surface area (Å²) >= 11 is 0. The molecular weight excluding hydrogens is 282 g/mol. The lowest BCUT2D eigenvalue weighted by Gasteiger charge is -2.38. The van der Waals surface area contributed by atoms with Crippen LogP contribution in [-0.2, 0) is 6.42 Å². The number of phenols is 2. The Morgan fingerprint density at radius 1 is 1.18 bits per heavy atom. The van der Waals surface area contributed by atoms with E-state index < -0.39 is 0 Å². The Morgan fingerprint density at radius 3 is 2.82 bits per heavy atom. The predicted molar refractivity (Wildman–Crippen MR) is 72.2 cm³/mol. The van der Waals surface area contributed by atoms with Crippen molar-refractivity contribution in [2.75, 3.05) is 6.54 Å². The van der Waals surface area contributed by atoms with Gasteiger partial charge in [-0.3, -0.25) is 0 Å². The van der Waals surface area contributed by atoms with E-state index in [-0.39, 0.29) is 28.5 Å². The maximum absolute atomic E-state index is 9.86. The first-order chi connectivity index (χ1) is 7.77. The molecule has 3 nitrogen and oxygen atoms in total. The number of aromatic hydroxyl groups is 2. The molecule has 17 heavy (non-hydrogen) atoms. The summed E-state index contributed by atoms with van der Waals surface area (Å²) in [5.74, 6) is 0.631. The van der Waals surface area contributed by atoms with Crippen LogP contribution in [0.4, 0.5) is 0 Å². The highest BCUT2D eigenvalue weighted by Crippen LogP contribution is 2.43. The minimum absolute atomic E-state index is 0. The molecule has 0 spiro atoms. The molecule has 94 valence electrons. The maximum atomic E-state index is 9.86. The van der Waals surface area contributed by atoms with Crippen molar-refractivity contribution in [2.24, 2.45) is 0 Å². The van der Waals surface area contributed by atoms with Crippen molar-refractivity contribution in [1.82, 2.24) is 5.32 Å². The Bertz CT molecular complexity index is 422. The number of hydrogen-bond donors (Lipinski definition) is 3. The minimum Gasteiger partial charge on any atom is -0.504 e. The summed E-state index contributed by atoms with van der Waals surface area (Å²) in [5.41, 5.74) is 2.20. The average Bonchev–Trinajstić information content (AvgIpc) is 2.33. The van der Waals surface area contributed by atoms with Gasteiger partial charge in [-0.15, -0.1) is 17.0 Å². The van der Waals surface area contributed by atoms with Crippen LogP contribution in [0.15, 0.2) is 12.1 Å². The van der Waals surface area contributed by atoms with Gasteiger partial charge in [-0.05, 0) is 49.8 Å². The molecule has 0 radical (unpaired) electrons. The highest BCUT2D eigenvalue weighted by Gasteiger charge is 2.32. The number of benzene rings is 1. The lowest BCUT2D eigenvalue weighted by atomic mass is 9.75. The quantitative estimate of drug-likeness (QED) is 0.645. The summed E-state index contributed by atoms with van der Waals surface area (Å²) in [7, 11) is 0. The van der Waals surface area contributed by atoms with Crippen LogP contribution < -0.4 is 5.32 Å². The maximum Gasteiger partial charge on any atom is 0.160 e. The molecule has 0 saturated carbocycles. The van der Waals surface area contributed by atoms with Crippen LogP contribution >= 0.6 is 17.0 Å². The second-order valence-electron chi connectivity index (χ2n) is 4.85. The second kappa shape index (κ2) is 4.86. The van der Waals surface area contributed by atoms with E-state index in [1.807, 2.05) is 6.07 Å². The highest BCUT2D eigenvalue weighted by atomic mass is 79.9. The van der Waals surface area contributed by atoms with Gasteiger partial charge in [-0.1, -0.05) is 6.07 Å². The van der Waals surface area contributed by atoms with Gasteiger partial charge in [0, 0.05) is 11.6 Å². The fourth-order valence-electron chi connectivity index (χ4n) is 3.18. The van der Waals surface area contributed by atoms with E-state index in [2.05, 4.69) is 5.32 Å². The number of piperidine rings is 1. The molecular formula is C13H18BrNO2. The van der Waals surface area contributed by atoms with Gasteiger partial charge in [0.05, 0.1) is 0 Å². The smallest absolute Gasteiger partial charge is 0.160 e. The summed E-state index contributed by atoms with van der Waals surface area (Å²) in [6.45, 7) is 1.11. The van der Waals surface area contributed by atoms with E-state index in [4.69, 9.17) is 0 Å². The third-order valence-corrected chi connectivity index (χ3v) is 3.99. The number of nitrogens with one attached hydrogen (secondary N) is 1. The Morgan fingerprint density at radius 2 is 2.00 bits per heavy atom. The fourth-order valence-corrected chi connectivity index (χ4v) is 3.18. The van der Waals surface area contributed by atoms with Gasteiger partial charge in [0.1, 0.15) is 0 Å². The van der Waals surface area contributed by atoms with Crippen molar-refractivity contribution in [1.29, 1.82) is 0 Å². The molecule has 1 aliphatic carbocycles. The molecule has 3 N–H and O–H groups in total. The normalized spacial score (nSPS) is 26.6. The van der Waals surface area contributed by atoms with E-state index in [0.717, 1.165) is 24.9 Å². The molecule has 0 unspecified atom stereocenters. The molecule has 0 bridgehead atoms. The average molecular weight is 300 g/mol. The molecule has 0 aromatic heterocycles. The molecule has 1 saturated heterocycles. The van der Waals surface area contributed by atoms with Gasteiger partial charge < -0.3 is 15.5 Å². The van der Waals surface area contributed by atoms with E-state index in [1.165, 1.54) is 18.4 Å². The van der Waals surface area contributed by atoms with Crippen LogP contribution in [0.3, 0.4) is 0 Å². The van der Waals surface area contributed by atoms with Gasteiger partial charge >= 0.3 is 0 Å². The van der Waals surface area contributed by atoms with Crippen molar-refractivity contribution < 1.29 is 10.2 Å². The third kappa shape index (κ3) is 2.04. The predicted octanol–water partition coefficient (Wildman–Crippen LogP) is 2.46. The molecule has 1 aromatic carbocycles. The molecule has 4 heteroatoms. The number of phenolic OH excluding ortho intramolecular Hbond substituents is 2. The molecule has 1 heterocycles. The zero-order chi connectivity index (χ0) is 11.1. The van der Waals surface area contributed by atoms with E-state index >= 15 is 0 Å². The van der Waals surface area contributed by atoms with Crippen molar-refractivity contribution in [3.05, 3.63) is 23.3 Å². The van der Waals surface area contributed by atoms with Crippen LogP contribution in [0, 0.1) is 0 Å². The largest absolute Gasteiger partial charge is 0.504 e. The van der Waals surface area contributed by atoms with Crippen LogP contribution in [0.2, 0.25) is 0 Å². The molecule has 1 aliphatic heterocycles. The molecule has 3 rings (SSSR count). The Hall–Kier alpha value is -0.740. The van der Waals surface area contributed by atoms with Crippen molar-refractivity contribution >= 4 is 17.0 Å². The van der Waals surface area contributed by atoms with E-state index in [9.17, 15) is 10.2 Å². The minimum atomic E-state index is 0. The van der Waals surface area contributed by atoms with Crippen LogP contribution in [-0.4, -0.2) is 22.8 Å². The molecule has 1 fully saturated rings. The molecule has 0 amide bonds. The van der Waals surface area contributed by atoms with E-state index in [1.54, 1.807) is 6.07 Å². The summed E-state index contributed by atoms with van der Waals surface area (Å²) in [4.78, 5) is 0. The van der Waals surface area contributed by atoms with Crippen LogP contribution in [0.1, 0.15) is 36.3 Å². The molecule has 2 atom stereocenters. The first-order valence-electron chi connectivity index (χ1n) is 6.04. The van der Waals surface area contributed by atoms with Gasteiger partial charge in [0.15, 0.2) is 11.5 Å². The first-order valence-corrected chi connectivity index (χ1v) is 6.04. The number of halogens is 1. The summed E-state index contributed by atoms with van der Waals surface area (Å²) in [6, 6.07) is 4.16. The highest BCUT2D eigenvalue weighted by molar-refractivity contribution is 8.93. The topological polar surface area (TPSA) is 52.5 Å². The lowest BCUT2D eigenvalue weighted by Crippen LogP contribution is -2.42. The Labute approximate surface area is 112 Å². The zero-order valence-electron chi connectivity index (χ0n) is 9.65. The number of fused-ring (bicyclic) bond motifs is 3. The molecule has 1 aromatic rings. The third-order valence-electron chi connectivity index (χ3n) is 3.99. The monoisotopic (exact) mass is 299 g/mol. The second-order valence-corrected chi connectivity index (χ2v) is 4.85. The Kier molecular flexibility index (Phi) is 3.64. The fraction of sp³-hybridized carbons (Fsp3) is 0.538. The Balaban J connectivity index is 0.00000108.